The molecule has 2 aromatic carbocycles. The highest BCUT2D eigenvalue weighted by atomic mass is 16.5. The van der Waals surface area contributed by atoms with E-state index in [2.05, 4.69) is 6.07 Å². The molecule has 170 valence electrons. The second-order valence-corrected chi connectivity index (χ2v) is 9.78. The Bertz CT molecular complexity index is 1390. The highest BCUT2D eigenvalue weighted by molar-refractivity contribution is 6.00. The number of allylic oxidation sites excluding steroid dienone is 3. The van der Waals surface area contributed by atoms with Crippen LogP contribution in [0.15, 0.2) is 83.6 Å². The molecule has 2 heterocycles. The van der Waals surface area contributed by atoms with Crippen molar-refractivity contribution in [2.45, 2.75) is 39.5 Å². The number of nitriles is 1. The minimum atomic E-state index is -0.633. The predicted octanol–water partition coefficient (Wildman–Crippen LogP) is 5.30. The first-order chi connectivity index (χ1) is 16.3. The third kappa shape index (κ3) is 3.69. The summed E-state index contributed by atoms with van der Waals surface area (Å²) in [6.07, 6.45) is 2.87. The molecule has 6 heteroatoms. The molecule has 1 aliphatic carbocycles. The minimum Gasteiger partial charge on any atom is -0.444 e. The van der Waals surface area contributed by atoms with Gasteiger partial charge in [-0.05, 0) is 24.5 Å². The molecule has 2 aliphatic rings. The van der Waals surface area contributed by atoms with E-state index in [9.17, 15) is 10.1 Å². The number of hydrogen-bond acceptors (Lipinski definition) is 5. The summed E-state index contributed by atoms with van der Waals surface area (Å²) in [6.45, 7) is 6.11. The monoisotopic (exact) mass is 450 g/mol. The second-order valence-electron chi connectivity index (χ2n) is 9.78. The summed E-state index contributed by atoms with van der Waals surface area (Å²) in [7, 11) is 0. The topological polar surface area (TPSA) is 93.9 Å². The van der Waals surface area contributed by atoms with Crippen LogP contribution in [0.3, 0.4) is 0 Å². The van der Waals surface area contributed by atoms with Gasteiger partial charge in [0.15, 0.2) is 5.78 Å². The molecule has 0 saturated carbocycles. The normalized spacial score (nSPS) is 19.5. The van der Waals surface area contributed by atoms with Crippen LogP contribution in [0.5, 0.6) is 0 Å². The fourth-order valence-electron chi connectivity index (χ4n) is 4.84. The fraction of sp³-hybridized carbons (Fsp3) is 0.250. The summed E-state index contributed by atoms with van der Waals surface area (Å²) < 4.78 is 7.67. The number of Topliss-reactive ketones (excluding diaryl/α,β-unsaturated/α-hetero) is 1. The van der Waals surface area contributed by atoms with Crippen LogP contribution >= 0.6 is 0 Å². The maximum absolute atomic E-state index is 13.4. The molecule has 5 rings (SSSR count). The molecule has 1 aliphatic heterocycles. The van der Waals surface area contributed by atoms with Gasteiger partial charge in [-0.2, -0.15) is 10.4 Å². The Balaban J connectivity index is 1.76. The van der Waals surface area contributed by atoms with Gasteiger partial charge in [-0.25, -0.2) is 4.68 Å². The lowest BCUT2D eigenvalue weighted by molar-refractivity contribution is -0.119. The van der Waals surface area contributed by atoms with E-state index < -0.39 is 5.92 Å². The van der Waals surface area contributed by atoms with E-state index in [-0.39, 0.29) is 22.7 Å². The average Bonchev–Trinajstić information content (AvgIpc) is 3.23. The number of ketones is 1. The summed E-state index contributed by atoms with van der Waals surface area (Å²) in [5, 5.41) is 15.0. The molecular formula is C28H26N4O2. The lowest BCUT2D eigenvalue weighted by Crippen LogP contribution is -2.33. The van der Waals surface area contributed by atoms with Crippen molar-refractivity contribution >= 4 is 5.78 Å². The highest BCUT2D eigenvalue weighted by Crippen LogP contribution is 2.49. The number of carbonyl (C=O) groups is 1. The van der Waals surface area contributed by atoms with E-state index in [1.807, 2.05) is 81.6 Å². The van der Waals surface area contributed by atoms with Crippen molar-refractivity contribution in [3.8, 4) is 23.0 Å². The molecule has 2 N–H and O–H groups in total. The molecule has 0 amide bonds. The van der Waals surface area contributed by atoms with Crippen molar-refractivity contribution in [2.24, 2.45) is 11.1 Å². The van der Waals surface area contributed by atoms with E-state index in [4.69, 9.17) is 15.6 Å². The molecule has 0 saturated heterocycles. The van der Waals surface area contributed by atoms with Crippen molar-refractivity contribution in [2.75, 3.05) is 0 Å². The Labute approximate surface area is 199 Å². The van der Waals surface area contributed by atoms with Gasteiger partial charge in [0.2, 0.25) is 5.88 Å². The van der Waals surface area contributed by atoms with E-state index in [1.54, 1.807) is 4.68 Å². The van der Waals surface area contributed by atoms with Crippen LogP contribution in [0, 0.1) is 23.7 Å². The zero-order valence-electron chi connectivity index (χ0n) is 19.5. The van der Waals surface area contributed by atoms with Gasteiger partial charge in [0.1, 0.15) is 17.4 Å². The molecule has 6 nitrogen and oxygen atoms in total. The first kappa shape index (κ1) is 21.7. The highest BCUT2D eigenvalue weighted by Gasteiger charge is 2.44. The van der Waals surface area contributed by atoms with Crippen LogP contribution in [-0.2, 0) is 9.53 Å². The Kier molecular flexibility index (Phi) is 5.13. The molecule has 34 heavy (non-hydrogen) atoms. The standard InChI is InChI=1S/C28H26N4O2/c1-17-9-11-18(12-10-17)26-21(16-32(31-26)19-7-5-4-6-8-19)24-20(15-29)27(30)34-23-14-28(2,3)13-22(33)25(23)24/h4-12,16,24H,13-14,30H2,1-3H3/t24-/m0/s1. The first-order valence-corrected chi connectivity index (χ1v) is 11.3. The minimum absolute atomic E-state index is 0.0150. The van der Waals surface area contributed by atoms with E-state index >= 15 is 0 Å². The maximum atomic E-state index is 13.4. The number of rotatable bonds is 3. The molecule has 0 unspecified atom stereocenters. The second kappa shape index (κ2) is 8.03. The predicted molar refractivity (Wildman–Crippen MR) is 129 cm³/mol. The van der Waals surface area contributed by atoms with Gasteiger partial charge in [0, 0.05) is 35.7 Å². The van der Waals surface area contributed by atoms with Crippen molar-refractivity contribution in [1.82, 2.24) is 9.78 Å². The molecule has 3 aromatic rings. The number of nitrogens with two attached hydrogens (primary N) is 1. The van der Waals surface area contributed by atoms with Gasteiger partial charge in [0.25, 0.3) is 0 Å². The van der Waals surface area contributed by atoms with Gasteiger partial charge in [0.05, 0.1) is 17.3 Å². The van der Waals surface area contributed by atoms with Crippen molar-refractivity contribution in [1.29, 1.82) is 5.26 Å². The fourth-order valence-corrected chi connectivity index (χ4v) is 4.84. The van der Waals surface area contributed by atoms with E-state index in [0.29, 0.717) is 29.9 Å². The lowest BCUT2D eigenvalue weighted by atomic mass is 9.70. The van der Waals surface area contributed by atoms with Crippen molar-refractivity contribution < 1.29 is 9.53 Å². The number of aryl methyl sites for hydroxylation is 1. The number of aromatic nitrogens is 2. The van der Waals surface area contributed by atoms with Crippen LogP contribution in [0.1, 0.15) is 43.7 Å². The molecule has 1 aromatic heterocycles. The smallest absolute Gasteiger partial charge is 0.205 e. The van der Waals surface area contributed by atoms with Crippen LogP contribution in [0.25, 0.3) is 16.9 Å². The quantitative estimate of drug-likeness (QED) is 0.584. The van der Waals surface area contributed by atoms with Gasteiger partial charge in [-0.3, -0.25) is 4.79 Å². The summed E-state index contributed by atoms with van der Waals surface area (Å²) in [5.41, 5.74) is 11.2. The molecule has 0 radical (unpaired) electrons. The molecular weight excluding hydrogens is 424 g/mol. The number of nitrogens with zero attached hydrogens (tertiary/aromatic N) is 3. The average molecular weight is 451 g/mol. The largest absolute Gasteiger partial charge is 0.444 e. The number of ether oxygens (including phenoxy) is 1. The summed E-state index contributed by atoms with van der Waals surface area (Å²) in [5.74, 6) is -0.0333. The third-order valence-corrected chi connectivity index (χ3v) is 6.47. The molecule has 0 spiro atoms. The Morgan fingerprint density at radius 2 is 1.82 bits per heavy atom. The van der Waals surface area contributed by atoms with E-state index in [1.165, 1.54) is 0 Å². The third-order valence-electron chi connectivity index (χ3n) is 6.47. The lowest BCUT2D eigenvalue weighted by Gasteiger charge is -2.37. The molecule has 1 atom stereocenters. The van der Waals surface area contributed by atoms with Gasteiger partial charge in [-0.1, -0.05) is 61.9 Å². The Morgan fingerprint density at radius 3 is 2.50 bits per heavy atom. The van der Waals surface area contributed by atoms with Gasteiger partial charge in [-0.15, -0.1) is 0 Å². The number of hydrogen-bond donors (Lipinski definition) is 1. The number of benzene rings is 2. The van der Waals surface area contributed by atoms with E-state index in [0.717, 1.165) is 22.4 Å². The zero-order valence-corrected chi connectivity index (χ0v) is 19.5. The molecule has 0 fully saturated rings. The van der Waals surface area contributed by atoms with Crippen LogP contribution in [0.2, 0.25) is 0 Å². The van der Waals surface area contributed by atoms with Crippen LogP contribution in [-0.4, -0.2) is 15.6 Å². The first-order valence-electron chi connectivity index (χ1n) is 11.3. The summed E-state index contributed by atoms with van der Waals surface area (Å²) in [4.78, 5) is 13.4. The Hall–Kier alpha value is -4.11. The summed E-state index contributed by atoms with van der Waals surface area (Å²) >= 11 is 0. The van der Waals surface area contributed by atoms with Gasteiger partial charge < -0.3 is 10.5 Å². The molecule has 0 bridgehead atoms. The zero-order chi connectivity index (χ0) is 24.0. The SMILES string of the molecule is Cc1ccc(-c2nn(-c3ccccc3)cc2[C@@H]2C(C#N)=C(N)OC3=C2C(=O)CC(C)(C)C3)cc1. The number of carbonyl (C=O) groups excluding carboxylic acids is 1. The van der Waals surface area contributed by atoms with Crippen LogP contribution < -0.4 is 5.73 Å². The van der Waals surface area contributed by atoms with Crippen molar-refractivity contribution in [3.05, 3.63) is 94.7 Å². The van der Waals surface area contributed by atoms with Gasteiger partial charge >= 0.3 is 0 Å². The summed E-state index contributed by atoms with van der Waals surface area (Å²) in [6, 6.07) is 20.1. The van der Waals surface area contributed by atoms with Crippen molar-refractivity contribution in [3.63, 3.8) is 0 Å². The maximum Gasteiger partial charge on any atom is 0.205 e. The Morgan fingerprint density at radius 1 is 1.12 bits per heavy atom. The van der Waals surface area contributed by atoms with Crippen LogP contribution in [0.4, 0.5) is 0 Å². The number of para-hydroxylation sites is 1.